The van der Waals surface area contributed by atoms with Crippen molar-refractivity contribution >= 4 is 17.2 Å². The number of amides is 1. The van der Waals surface area contributed by atoms with Gasteiger partial charge < -0.3 is 5.73 Å². The van der Waals surface area contributed by atoms with Gasteiger partial charge in [0.2, 0.25) is 5.91 Å². The zero-order valence-electron chi connectivity index (χ0n) is 10.1. The number of thiophene rings is 1. The molecule has 0 aliphatic heterocycles. The standard InChI is InChI=1S/C12H20N2OS/c1-4-9(2)12(3,11(13)15)14-8-10-6-5-7-16-10/h5-7,9,14H,4,8H2,1-3H3,(H2,13,15). The molecule has 3 nitrogen and oxygen atoms in total. The number of hydrogen-bond acceptors (Lipinski definition) is 3. The third-order valence-corrected chi connectivity index (χ3v) is 4.20. The molecule has 1 amide bonds. The van der Waals surface area contributed by atoms with Crippen LogP contribution in [0.4, 0.5) is 0 Å². The Kier molecular flexibility index (Phi) is 4.50. The first-order valence-corrected chi connectivity index (χ1v) is 6.46. The Balaban J connectivity index is 2.68. The maximum absolute atomic E-state index is 11.5. The summed E-state index contributed by atoms with van der Waals surface area (Å²) in [5.41, 5.74) is 4.86. The molecule has 0 bridgehead atoms. The number of carbonyl (C=O) groups excluding carboxylic acids is 1. The molecule has 1 heterocycles. The van der Waals surface area contributed by atoms with Crippen molar-refractivity contribution < 1.29 is 4.79 Å². The molecule has 0 saturated heterocycles. The van der Waals surface area contributed by atoms with Crippen LogP contribution in [0.15, 0.2) is 17.5 Å². The lowest BCUT2D eigenvalue weighted by molar-refractivity contribution is -0.125. The molecule has 16 heavy (non-hydrogen) atoms. The summed E-state index contributed by atoms with van der Waals surface area (Å²) in [5, 5.41) is 5.31. The van der Waals surface area contributed by atoms with E-state index in [4.69, 9.17) is 5.73 Å². The summed E-state index contributed by atoms with van der Waals surface area (Å²) < 4.78 is 0. The predicted octanol–water partition coefficient (Wildman–Crippen LogP) is 2.13. The average molecular weight is 240 g/mol. The van der Waals surface area contributed by atoms with E-state index in [1.807, 2.05) is 25.3 Å². The van der Waals surface area contributed by atoms with Crippen molar-refractivity contribution in [3.8, 4) is 0 Å². The van der Waals surface area contributed by atoms with Crippen molar-refractivity contribution in [1.82, 2.24) is 5.32 Å². The van der Waals surface area contributed by atoms with Crippen molar-refractivity contribution in [2.75, 3.05) is 0 Å². The van der Waals surface area contributed by atoms with Gasteiger partial charge in [-0.3, -0.25) is 10.1 Å². The Morgan fingerprint density at radius 2 is 2.38 bits per heavy atom. The van der Waals surface area contributed by atoms with Crippen LogP contribution in [0.2, 0.25) is 0 Å². The van der Waals surface area contributed by atoms with Crippen LogP contribution in [0.25, 0.3) is 0 Å². The summed E-state index contributed by atoms with van der Waals surface area (Å²) in [6.07, 6.45) is 0.927. The van der Waals surface area contributed by atoms with Gasteiger partial charge in [-0.15, -0.1) is 11.3 Å². The van der Waals surface area contributed by atoms with Crippen LogP contribution < -0.4 is 11.1 Å². The molecule has 1 aromatic heterocycles. The molecule has 0 saturated carbocycles. The van der Waals surface area contributed by atoms with Gasteiger partial charge in [-0.05, 0) is 24.3 Å². The summed E-state index contributed by atoms with van der Waals surface area (Å²) in [5.74, 6) is -0.0524. The largest absolute Gasteiger partial charge is 0.368 e. The summed E-state index contributed by atoms with van der Waals surface area (Å²) in [7, 11) is 0. The molecule has 1 rings (SSSR count). The first kappa shape index (κ1) is 13.2. The molecule has 0 aromatic carbocycles. The molecule has 0 spiro atoms. The third-order valence-electron chi connectivity index (χ3n) is 3.32. The van der Waals surface area contributed by atoms with Crippen LogP contribution in [0.5, 0.6) is 0 Å². The smallest absolute Gasteiger partial charge is 0.237 e. The zero-order valence-corrected chi connectivity index (χ0v) is 10.9. The van der Waals surface area contributed by atoms with Crippen molar-refractivity contribution in [3.05, 3.63) is 22.4 Å². The number of primary amides is 1. The Bertz CT molecular complexity index is 337. The van der Waals surface area contributed by atoms with E-state index < -0.39 is 5.54 Å². The molecule has 4 heteroatoms. The van der Waals surface area contributed by atoms with Crippen molar-refractivity contribution in [2.45, 2.75) is 39.3 Å². The topological polar surface area (TPSA) is 55.1 Å². The molecule has 0 aliphatic rings. The fraction of sp³-hybridized carbons (Fsp3) is 0.583. The second kappa shape index (κ2) is 5.46. The fourth-order valence-electron chi connectivity index (χ4n) is 1.60. The molecular formula is C12H20N2OS. The van der Waals surface area contributed by atoms with E-state index in [-0.39, 0.29) is 11.8 Å². The van der Waals surface area contributed by atoms with Crippen LogP contribution in [0, 0.1) is 5.92 Å². The quantitative estimate of drug-likeness (QED) is 0.800. The van der Waals surface area contributed by atoms with E-state index >= 15 is 0 Å². The first-order chi connectivity index (χ1) is 7.50. The molecule has 0 radical (unpaired) electrons. The molecule has 0 fully saturated rings. The fourth-order valence-corrected chi connectivity index (χ4v) is 2.24. The summed E-state index contributed by atoms with van der Waals surface area (Å²) >= 11 is 1.68. The highest BCUT2D eigenvalue weighted by Crippen LogP contribution is 2.21. The highest BCUT2D eigenvalue weighted by molar-refractivity contribution is 7.09. The zero-order chi connectivity index (χ0) is 12.2. The SMILES string of the molecule is CCC(C)C(C)(NCc1cccs1)C(N)=O. The van der Waals surface area contributed by atoms with Crippen molar-refractivity contribution in [1.29, 1.82) is 0 Å². The lowest BCUT2D eigenvalue weighted by Gasteiger charge is -2.33. The van der Waals surface area contributed by atoms with Gasteiger partial charge in [-0.1, -0.05) is 26.3 Å². The van der Waals surface area contributed by atoms with Crippen molar-refractivity contribution in [3.63, 3.8) is 0 Å². The third kappa shape index (κ3) is 2.83. The van der Waals surface area contributed by atoms with Crippen LogP contribution in [0.1, 0.15) is 32.1 Å². The summed E-state index contributed by atoms with van der Waals surface area (Å²) in [4.78, 5) is 12.8. The Morgan fingerprint density at radius 1 is 1.69 bits per heavy atom. The lowest BCUT2D eigenvalue weighted by Crippen LogP contribution is -2.56. The number of carbonyl (C=O) groups is 1. The maximum Gasteiger partial charge on any atom is 0.237 e. The maximum atomic E-state index is 11.5. The van der Waals surface area contributed by atoms with Crippen molar-refractivity contribution in [2.24, 2.45) is 11.7 Å². The van der Waals surface area contributed by atoms with E-state index in [0.717, 1.165) is 6.42 Å². The number of nitrogens with two attached hydrogens (primary N) is 1. The molecule has 2 atom stereocenters. The van der Waals surface area contributed by atoms with Crippen LogP contribution in [-0.4, -0.2) is 11.4 Å². The van der Waals surface area contributed by atoms with E-state index in [9.17, 15) is 4.79 Å². The lowest BCUT2D eigenvalue weighted by atomic mass is 9.84. The first-order valence-electron chi connectivity index (χ1n) is 5.58. The van der Waals surface area contributed by atoms with E-state index in [2.05, 4.69) is 18.3 Å². The minimum atomic E-state index is -0.626. The number of hydrogen-bond donors (Lipinski definition) is 2. The van der Waals surface area contributed by atoms with E-state index in [1.54, 1.807) is 11.3 Å². The highest BCUT2D eigenvalue weighted by Gasteiger charge is 2.35. The molecule has 1 aromatic rings. The van der Waals surface area contributed by atoms with Gasteiger partial charge in [0.15, 0.2) is 0 Å². The minimum Gasteiger partial charge on any atom is -0.368 e. The van der Waals surface area contributed by atoms with Gasteiger partial charge >= 0.3 is 0 Å². The Morgan fingerprint density at radius 3 is 2.81 bits per heavy atom. The summed E-state index contributed by atoms with van der Waals surface area (Å²) in [6.45, 7) is 6.70. The molecule has 90 valence electrons. The van der Waals surface area contributed by atoms with Gasteiger partial charge in [-0.25, -0.2) is 0 Å². The Hall–Kier alpha value is -0.870. The normalized spacial score (nSPS) is 16.7. The van der Waals surface area contributed by atoms with Crippen LogP contribution in [-0.2, 0) is 11.3 Å². The van der Waals surface area contributed by atoms with E-state index in [1.165, 1.54) is 4.88 Å². The average Bonchev–Trinajstić information content (AvgIpc) is 2.77. The highest BCUT2D eigenvalue weighted by atomic mass is 32.1. The second-order valence-electron chi connectivity index (χ2n) is 4.31. The number of rotatable bonds is 6. The molecular weight excluding hydrogens is 220 g/mol. The van der Waals surface area contributed by atoms with Gasteiger partial charge in [0.05, 0.1) is 5.54 Å². The number of nitrogens with one attached hydrogen (secondary N) is 1. The van der Waals surface area contributed by atoms with Gasteiger partial charge in [-0.2, -0.15) is 0 Å². The van der Waals surface area contributed by atoms with Gasteiger partial charge in [0.1, 0.15) is 0 Å². The van der Waals surface area contributed by atoms with Crippen LogP contribution >= 0.6 is 11.3 Å². The molecule has 2 unspecified atom stereocenters. The molecule has 0 aliphatic carbocycles. The second-order valence-corrected chi connectivity index (χ2v) is 5.34. The van der Waals surface area contributed by atoms with Gasteiger partial charge in [0, 0.05) is 11.4 Å². The monoisotopic (exact) mass is 240 g/mol. The summed E-state index contributed by atoms with van der Waals surface area (Å²) in [6, 6.07) is 4.06. The van der Waals surface area contributed by atoms with Gasteiger partial charge in [0.25, 0.3) is 0 Å². The Labute approximate surface area is 101 Å². The van der Waals surface area contributed by atoms with Crippen LogP contribution in [0.3, 0.4) is 0 Å². The molecule has 3 N–H and O–H groups in total. The predicted molar refractivity (Wildman–Crippen MR) is 68.2 cm³/mol. The minimum absolute atomic E-state index is 0.227. The van der Waals surface area contributed by atoms with E-state index in [0.29, 0.717) is 6.54 Å².